The van der Waals surface area contributed by atoms with Crippen molar-refractivity contribution in [3.05, 3.63) is 40.7 Å². The summed E-state index contributed by atoms with van der Waals surface area (Å²) in [6, 6.07) is 5.61. The lowest BCUT2D eigenvalue weighted by molar-refractivity contribution is 0.0376. The molecule has 0 N–H and O–H groups in total. The third-order valence-corrected chi connectivity index (χ3v) is 6.84. The van der Waals surface area contributed by atoms with Crippen molar-refractivity contribution in [1.29, 1.82) is 0 Å². The molecule has 1 fully saturated rings. The number of thiazole rings is 1. The van der Waals surface area contributed by atoms with Crippen molar-refractivity contribution in [2.24, 2.45) is 0 Å². The number of amides is 1. The maximum Gasteiger partial charge on any atom is 0.280 e. The fraction of sp³-hybridized carbons (Fsp3) is 0.476. The van der Waals surface area contributed by atoms with E-state index >= 15 is 0 Å². The van der Waals surface area contributed by atoms with E-state index in [9.17, 15) is 4.79 Å². The van der Waals surface area contributed by atoms with Gasteiger partial charge in [0.15, 0.2) is 10.8 Å². The molecule has 0 radical (unpaired) electrons. The Kier molecular flexibility index (Phi) is 6.67. The Hall–Kier alpha value is -2.00. The fourth-order valence-corrected chi connectivity index (χ4v) is 4.90. The van der Waals surface area contributed by atoms with Crippen LogP contribution in [0.25, 0.3) is 10.2 Å². The molecule has 0 bridgehead atoms. The van der Waals surface area contributed by atoms with E-state index in [4.69, 9.17) is 21.3 Å². The van der Waals surface area contributed by atoms with E-state index in [1.165, 1.54) is 11.3 Å². The number of hydrogen-bond acceptors (Lipinski definition) is 6. The summed E-state index contributed by atoms with van der Waals surface area (Å²) in [7, 11) is 0. The Morgan fingerprint density at radius 3 is 2.80 bits per heavy atom. The van der Waals surface area contributed by atoms with Crippen LogP contribution in [-0.2, 0) is 11.3 Å². The van der Waals surface area contributed by atoms with Gasteiger partial charge in [0.25, 0.3) is 5.91 Å². The van der Waals surface area contributed by atoms with Crippen molar-refractivity contribution in [2.75, 3.05) is 44.3 Å². The SMILES string of the molecule is CCn1ccc(C(=O)N(CCCN2CCOCC2)c2nc3c(C)ccc(Cl)c3s2)n1. The molecule has 7 nitrogen and oxygen atoms in total. The highest BCUT2D eigenvalue weighted by molar-refractivity contribution is 7.23. The van der Waals surface area contributed by atoms with Crippen molar-refractivity contribution in [3.8, 4) is 0 Å². The third-order valence-electron chi connectivity index (χ3n) is 5.31. The molecule has 0 unspecified atom stereocenters. The number of hydrogen-bond donors (Lipinski definition) is 0. The predicted molar refractivity (Wildman–Crippen MR) is 121 cm³/mol. The average molecular weight is 448 g/mol. The van der Waals surface area contributed by atoms with Gasteiger partial charge in [0, 0.05) is 38.9 Å². The minimum atomic E-state index is -0.128. The van der Waals surface area contributed by atoms with Gasteiger partial charge in [0.2, 0.25) is 0 Å². The smallest absolute Gasteiger partial charge is 0.280 e. The van der Waals surface area contributed by atoms with Gasteiger partial charge in [-0.3, -0.25) is 19.3 Å². The van der Waals surface area contributed by atoms with Crippen LogP contribution in [0.15, 0.2) is 24.4 Å². The number of rotatable bonds is 7. The highest BCUT2D eigenvalue weighted by Gasteiger charge is 2.24. The van der Waals surface area contributed by atoms with Crippen LogP contribution in [0.5, 0.6) is 0 Å². The van der Waals surface area contributed by atoms with Gasteiger partial charge in [-0.25, -0.2) is 4.98 Å². The molecule has 0 atom stereocenters. The molecule has 1 saturated heterocycles. The summed E-state index contributed by atoms with van der Waals surface area (Å²) in [6.45, 7) is 9.64. The molecule has 30 heavy (non-hydrogen) atoms. The molecule has 160 valence electrons. The van der Waals surface area contributed by atoms with Crippen molar-refractivity contribution < 1.29 is 9.53 Å². The Labute approximate surface area is 185 Å². The van der Waals surface area contributed by atoms with E-state index in [0.717, 1.165) is 61.6 Å². The minimum Gasteiger partial charge on any atom is -0.379 e. The van der Waals surface area contributed by atoms with Crippen LogP contribution in [0.1, 0.15) is 29.4 Å². The number of fused-ring (bicyclic) bond motifs is 1. The van der Waals surface area contributed by atoms with Crippen molar-refractivity contribution in [1.82, 2.24) is 19.7 Å². The second kappa shape index (κ2) is 9.43. The Bertz CT molecular complexity index is 989. The summed E-state index contributed by atoms with van der Waals surface area (Å²) in [6.07, 6.45) is 2.68. The normalized spacial score (nSPS) is 15.0. The van der Waals surface area contributed by atoms with Crippen LogP contribution < -0.4 is 4.90 Å². The Balaban J connectivity index is 1.60. The largest absolute Gasteiger partial charge is 0.379 e. The zero-order valence-corrected chi connectivity index (χ0v) is 18.9. The summed E-state index contributed by atoms with van der Waals surface area (Å²) in [5, 5.41) is 5.74. The molecular formula is C21H26ClN5O2S. The average Bonchev–Trinajstić information content (AvgIpc) is 3.42. The number of aryl methyl sites for hydroxylation is 2. The van der Waals surface area contributed by atoms with Gasteiger partial charge in [-0.1, -0.05) is 29.0 Å². The van der Waals surface area contributed by atoms with Crippen molar-refractivity contribution >= 4 is 44.2 Å². The van der Waals surface area contributed by atoms with Crippen molar-refractivity contribution in [3.63, 3.8) is 0 Å². The van der Waals surface area contributed by atoms with E-state index in [1.807, 2.05) is 32.2 Å². The lowest BCUT2D eigenvalue weighted by atomic mass is 10.2. The maximum absolute atomic E-state index is 13.4. The molecule has 0 aliphatic carbocycles. The molecule has 9 heteroatoms. The predicted octanol–water partition coefficient (Wildman–Crippen LogP) is 3.84. The van der Waals surface area contributed by atoms with Gasteiger partial charge in [-0.15, -0.1) is 0 Å². The number of benzene rings is 1. The number of anilines is 1. The molecule has 4 rings (SSSR count). The van der Waals surface area contributed by atoms with E-state index in [2.05, 4.69) is 10.00 Å². The highest BCUT2D eigenvalue weighted by atomic mass is 35.5. The summed E-state index contributed by atoms with van der Waals surface area (Å²) >= 11 is 7.87. The first-order valence-electron chi connectivity index (χ1n) is 10.3. The lowest BCUT2D eigenvalue weighted by Gasteiger charge is -2.27. The lowest BCUT2D eigenvalue weighted by Crippen LogP contribution is -2.39. The van der Waals surface area contributed by atoms with Crippen LogP contribution in [0.3, 0.4) is 0 Å². The number of carbonyl (C=O) groups is 1. The van der Waals surface area contributed by atoms with Crippen molar-refractivity contribution in [2.45, 2.75) is 26.8 Å². The van der Waals surface area contributed by atoms with E-state index in [0.29, 0.717) is 22.4 Å². The highest BCUT2D eigenvalue weighted by Crippen LogP contribution is 2.36. The minimum absolute atomic E-state index is 0.128. The van der Waals surface area contributed by atoms with Gasteiger partial charge < -0.3 is 4.74 Å². The third kappa shape index (κ3) is 4.51. The molecule has 0 saturated carbocycles. The zero-order valence-electron chi connectivity index (χ0n) is 17.3. The number of carbonyl (C=O) groups excluding carboxylic acids is 1. The molecule has 3 heterocycles. The van der Waals surface area contributed by atoms with Crippen LogP contribution in [0.2, 0.25) is 5.02 Å². The number of halogens is 1. The second-order valence-electron chi connectivity index (χ2n) is 7.36. The van der Waals surface area contributed by atoms with Crippen LogP contribution in [-0.4, -0.2) is 65.0 Å². The van der Waals surface area contributed by atoms with Gasteiger partial charge in [-0.2, -0.15) is 5.10 Å². The molecule has 1 aliphatic heterocycles. The summed E-state index contributed by atoms with van der Waals surface area (Å²) in [5.74, 6) is -0.128. The molecule has 1 amide bonds. The van der Waals surface area contributed by atoms with Gasteiger partial charge in [0.1, 0.15) is 0 Å². The van der Waals surface area contributed by atoms with Crippen LogP contribution in [0, 0.1) is 6.92 Å². The van der Waals surface area contributed by atoms with Crippen LogP contribution in [0.4, 0.5) is 5.13 Å². The van der Waals surface area contributed by atoms with E-state index in [1.54, 1.807) is 15.6 Å². The monoisotopic (exact) mass is 447 g/mol. The topological polar surface area (TPSA) is 63.5 Å². The Morgan fingerprint density at radius 1 is 1.30 bits per heavy atom. The number of nitrogens with zero attached hydrogens (tertiary/aromatic N) is 5. The summed E-state index contributed by atoms with van der Waals surface area (Å²) in [5.41, 5.74) is 2.34. The molecule has 1 aliphatic rings. The summed E-state index contributed by atoms with van der Waals surface area (Å²) in [4.78, 5) is 22.3. The first-order valence-corrected chi connectivity index (χ1v) is 11.5. The van der Waals surface area contributed by atoms with E-state index < -0.39 is 0 Å². The van der Waals surface area contributed by atoms with Crippen LogP contribution >= 0.6 is 22.9 Å². The molecule has 0 spiro atoms. The second-order valence-corrected chi connectivity index (χ2v) is 8.74. The van der Waals surface area contributed by atoms with Gasteiger partial charge >= 0.3 is 0 Å². The molecule has 2 aromatic heterocycles. The Morgan fingerprint density at radius 2 is 2.10 bits per heavy atom. The number of aromatic nitrogens is 3. The van der Waals surface area contributed by atoms with Gasteiger partial charge in [0.05, 0.1) is 28.5 Å². The zero-order chi connectivity index (χ0) is 21.1. The maximum atomic E-state index is 13.4. The fourth-order valence-electron chi connectivity index (χ4n) is 3.56. The molecule has 3 aromatic rings. The number of ether oxygens (including phenoxy) is 1. The molecular weight excluding hydrogens is 422 g/mol. The van der Waals surface area contributed by atoms with Gasteiger partial charge in [-0.05, 0) is 38.0 Å². The first-order chi connectivity index (χ1) is 14.6. The first kappa shape index (κ1) is 21.2. The number of morpholine rings is 1. The molecule has 1 aromatic carbocycles. The standard InChI is InChI=1S/C21H26ClN5O2S/c1-3-26-10-7-17(24-26)20(28)27(9-4-8-25-11-13-29-14-12-25)21-23-18-15(2)5-6-16(22)19(18)30-21/h5-7,10H,3-4,8-9,11-14H2,1-2H3. The summed E-state index contributed by atoms with van der Waals surface area (Å²) < 4.78 is 8.10. The quantitative estimate of drug-likeness (QED) is 0.550. The van der Waals surface area contributed by atoms with E-state index in [-0.39, 0.29) is 5.91 Å².